The third-order valence-corrected chi connectivity index (χ3v) is 3.86. The summed E-state index contributed by atoms with van der Waals surface area (Å²) in [4.78, 5) is 11.6. The largest absolute Gasteiger partial charge is 0.379 e. The quantitative estimate of drug-likeness (QED) is 0.747. The highest BCUT2D eigenvalue weighted by Gasteiger charge is 2.11. The fourth-order valence-corrected chi connectivity index (χ4v) is 2.55. The van der Waals surface area contributed by atoms with Crippen LogP contribution in [-0.4, -0.2) is 20.9 Å². The van der Waals surface area contributed by atoms with Crippen LogP contribution in [0.25, 0.3) is 5.69 Å². The number of aryl methyl sites for hydroxylation is 1. The number of anilines is 1. The van der Waals surface area contributed by atoms with Crippen molar-refractivity contribution in [1.82, 2.24) is 15.0 Å². The molecule has 1 aromatic heterocycles. The zero-order chi connectivity index (χ0) is 17.1. The normalized spacial score (nSPS) is 10.6. The number of aromatic nitrogens is 3. The molecule has 0 bridgehead atoms. The maximum atomic E-state index is 11.6. The van der Waals surface area contributed by atoms with Gasteiger partial charge in [0, 0.05) is 10.7 Å². The topological polar surface area (TPSA) is 85.8 Å². The Morgan fingerprint density at radius 2 is 2.00 bits per heavy atom. The summed E-state index contributed by atoms with van der Waals surface area (Å²) in [5, 5.41) is 12.1. The second-order valence-corrected chi connectivity index (χ2v) is 5.78. The molecule has 0 atom stereocenters. The Kier molecular flexibility index (Phi) is 4.48. The molecular formula is C17H16ClN5O. The van der Waals surface area contributed by atoms with E-state index in [1.165, 1.54) is 0 Å². The van der Waals surface area contributed by atoms with Crippen LogP contribution in [-0.2, 0) is 6.54 Å². The van der Waals surface area contributed by atoms with Crippen molar-refractivity contribution in [2.45, 2.75) is 13.5 Å². The lowest BCUT2D eigenvalue weighted by Crippen LogP contribution is -2.16. The number of carbonyl (C=O) groups is 1. The molecule has 0 radical (unpaired) electrons. The van der Waals surface area contributed by atoms with Crippen LogP contribution in [0.5, 0.6) is 0 Å². The number of nitrogens with one attached hydrogen (secondary N) is 1. The molecule has 24 heavy (non-hydrogen) atoms. The molecule has 122 valence electrons. The highest BCUT2D eigenvalue weighted by molar-refractivity contribution is 6.30. The molecule has 0 unspecified atom stereocenters. The standard InChI is InChI=1S/C17H16ClN5O/c1-11-3-2-4-15(16(11)17(19)24)20-9-13-10-23(22-21-13)14-7-5-12(18)6-8-14/h2-8,10,20H,9H2,1H3,(H2,19,24). The highest BCUT2D eigenvalue weighted by Crippen LogP contribution is 2.19. The van der Waals surface area contributed by atoms with E-state index in [0.29, 0.717) is 22.8 Å². The number of primary amides is 1. The Bertz CT molecular complexity index is 873. The van der Waals surface area contributed by atoms with Crippen molar-refractivity contribution in [2.24, 2.45) is 5.73 Å². The summed E-state index contributed by atoms with van der Waals surface area (Å²) in [6.07, 6.45) is 1.82. The van der Waals surface area contributed by atoms with Gasteiger partial charge in [-0.2, -0.15) is 0 Å². The molecule has 0 aliphatic rings. The summed E-state index contributed by atoms with van der Waals surface area (Å²) in [6, 6.07) is 12.8. The van der Waals surface area contributed by atoms with Crippen molar-refractivity contribution in [1.29, 1.82) is 0 Å². The summed E-state index contributed by atoms with van der Waals surface area (Å²) in [7, 11) is 0. The Morgan fingerprint density at radius 1 is 1.25 bits per heavy atom. The van der Waals surface area contributed by atoms with E-state index in [9.17, 15) is 4.79 Å². The average molecular weight is 342 g/mol. The van der Waals surface area contributed by atoms with E-state index >= 15 is 0 Å². The van der Waals surface area contributed by atoms with Crippen molar-refractivity contribution >= 4 is 23.2 Å². The molecular weight excluding hydrogens is 326 g/mol. The van der Waals surface area contributed by atoms with Gasteiger partial charge in [0.1, 0.15) is 5.69 Å². The van der Waals surface area contributed by atoms with Gasteiger partial charge in [-0.05, 0) is 42.8 Å². The summed E-state index contributed by atoms with van der Waals surface area (Å²) in [5.74, 6) is -0.458. The maximum absolute atomic E-state index is 11.6. The van der Waals surface area contributed by atoms with Crippen LogP contribution in [0.4, 0.5) is 5.69 Å². The van der Waals surface area contributed by atoms with E-state index in [1.54, 1.807) is 16.8 Å². The number of rotatable bonds is 5. The lowest BCUT2D eigenvalue weighted by molar-refractivity contribution is 0.100. The number of benzene rings is 2. The SMILES string of the molecule is Cc1cccc(NCc2cn(-c3ccc(Cl)cc3)nn2)c1C(N)=O. The predicted molar refractivity (Wildman–Crippen MR) is 93.4 cm³/mol. The van der Waals surface area contributed by atoms with Crippen molar-refractivity contribution in [2.75, 3.05) is 5.32 Å². The Hall–Kier alpha value is -2.86. The van der Waals surface area contributed by atoms with Crippen molar-refractivity contribution in [3.05, 3.63) is 70.5 Å². The van der Waals surface area contributed by atoms with Crippen molar-refractivity contribution < 1.29 is 4.79 Å². The van der Waals surface area contributed by atoms with E-state index < -0.39 is 5.91 Å². The molecule has 0 spiro atoms. The van der Waals surface area contributed by atoms with E-state index in [2.05, 4.69) is 15.6 Å². The van der Waals surface area contributed by atoms with Gasteiger partial charge in [0.2, 0.25) is 0 Å². The number of hydrogen-bond acceptors (Lipinski definition) is 4. The van der Waals surface area contributed by atoms with Gasteiger partial charge in [0.25, 0.3) is 5.91 Å². The number of amides is 1. The minimum Gasteiger partial charge on any atom is -0.379 e. The van der Waals surface area contributed by atoms with Gasteiger partial charge < -0.3 is 11.1 Å². The van der Waals surface area contributed by atoms with Crippen LogP contribution in [0, 0.1) is 6.92 Å². The molecule has 0 aliphatic carbocycles. The molecule has 0 aliphatic heterocycles. The first kappa shape index (κ1) is 16.0. The molecule has 2 aromatic carbocycles. The molecule has 6 nitrogen and oxygen atoms in total. The van der Waals surface area contributed by atoms with Crippen molar-refractivity contribution in [3.8, 4) is 5.69 Å². The van der Waals surface area contributed by atoms with Crippen molar-refractivity contribution in [3.63, 3.8) is 0 Å². The maximum Gasteiger partial charge on any atom is 0.251 e. The lowest BCUT2D eigenvalue weighted by Gasteiger charge is -2.10. The molecule has 0 saturated heterocycles. The van der Waals surface area contributed by atoms with Gasteiger partial charge in [0.05, 0.1) is 24.0 Å². The zero-order valence-electron chi connectivity index (χ0n) is 13.0. The molecule has 3 rings (SSSR count). The number of carbonyl (C=O) groups excluding carboxylic acids is 1. The number of nitrogens with two attached hydrogens (primary N) is 1. The molecule has 3 aromatic rings. The molecule has 1 amide bonds. The van der Waals surface area contributed by atoms with Gasteiger partial charge in [0.15, 0.2) is 0 Å². The third-order valence-electron chi connectivity index (χ3n) is 3.61. The second-order valence-electron chi connectivity index (χ2n) is 5.35. The molecule has 7 heteroatoms. The van der Waals surface area contributed by atoms with E-state index in [1.807, 2.05) is 43.5 Å². The Balaban J connectivity index is 1.76. The first-order chi connectivity index (χ1) is 11.5. The monoisotopic (exact) mass is 341 g/mol. The number of halogens is 1. The number of hydrogen-bond donors (Lipinski definition) is 2. The first-order valence-electron chi connectivity index (χ1n) is 7.35. The van der Waals surface area contributed by atoms with Gasteiger partial charge in [-0.3, -0.25) is 4.79 Å². The van der Waals surface area contributed by atoms with Crippen LogP contribution >= 0.6 is 11.6 Å². The Labute approximate surface area is 144 Å². The van der Waals surface area contributed by atoms with Crippen LogP contribution in [0.15, 0.2) is 48.7 Å². The van der Waals surface area contributed by atoms with Crippen LogP contribution < -0.4 is 11.1 Å². The van der Waals surface area contributed by atoms with E-state index in [-0.39, 0.29) is 0 Å². The Morgan fingerprint density at radius 3 is 2.71 bits per heavy atom. The fraction of sp³-hybridized carbons (Fsp3) is 0.118. The van der Waals surface area contributed by atoms with Gasteiger partial charge in [-0.25, -0.2) is 4.68 Å². The smallest absolute Gasteiger partial charge is 0.251 e. The molecule has 0 saturated carbocycles. The first-order valence-corrected chi connectivity index (χ1v) is 7.73. The van der Waals surface area contributed by atoms with Crippen LogP contribution in [0.1, 0.15) is 21.6 Å². The van der Waals surface area contributed by atoms with Gasteiger partial charge >= 0.3 is 0 Å². The number of nitrogens with zero attached hydrogens (tertiary/aromatic N) is 3. The van der Waals surface area contributed by atoms with Gasteiger partial charge in [-0.1, -0.05) is 28.9 Å². The summed E-state index contributed by atoms with van der Waals surface area (Å²) in [6.45, 7) is 2.28. The minimum atomic E-state index is -0.458. The molecule has 0 fully saturated rings. The molecule has 1 heterocycles. The highest BCUT2D eigenvalue weighted by atomic mass is 35.5. The summed E-state index contributed by atoms with van der Waals surface area (Å²) < 4.78 is 1.67. The van der Waals surface area contributed by atoms with E-state index in [4.69, 9.17) is 17.3 Å². The van der Waals surface area contributed by atoms with Crippen LogP contribution in [0.2, 0.25) is 5.02 Å². The summed E-state index contributed by atoms with van der Waals surface area (Å²) in [5.41, 5.74) is 9.06. The minimum absolute atomic E-state index is 0.428. The third kappa shape index (κ3) is 3.38. The molecule has 3 N–H and O–H groups in total. The average Bonchev–Trinajstić information content (AvgIpc) is 3.02. The second kappa shape index (κ2) is 6.72. The summed E-state index contributed by atoms with van der Waals surface area (Å²) >= 11 is 5.88. The fourth-order valence-electron chi connectivity index (χ4n) is 2.43. The van der Waals surface area contributed by atoms with E-state index in [0.717, 1.165) is 16.9 Å². The zero-order valence-corrected chi connectivity index (χ0v) is 13.8. The predicted octanol–water partition coefficient (Wildman–Crippen LogP) is 2.94. The van der Waals surface area contributed by atoms with Gasteiger partial charge in [-0.15, -0.1) is 5.10 Å². The lowest BCUT2D eigenvalue weighted by atomic mass is 10.1. The van der Waals surface area contributed by atoms with Crippen LogP contribution in [0.3, 0.4) is 0 Å².